The molecule has 0 aliphatic heterocycles. The second-order valence-corrected chi connectivity index (χ2v) is 10.3. The summed E-state index contributed by atoms with van der Waals surface area (Å²) in [6, 6.07) is 42.3. The van der Waals surface area contributed by atoms with Crippen LogP contribution in [0.15, 0.2) is 126 Å². The molecule has 0 bridgehead atoms. The fraction of sp³-hybridized carbons (Fsp3) is 0. The number of pyridine rings is 2. The van der Waals surface area contributed by atoms with Gasteiger partial charge < -0.3 is 18.7 Å². The largest absolute Gasteiger partial charge is 2.00 e. The molecule has 5 heterocycles. The number of aromatic nitrogens is 6. The number of oxazole rings is 1. The van der Waals surface area contributed by atoms with E-state index < -0.39 is 0 Å². The molecule has 0 amide bonds. The summed E-state index contributed by atoms with van der Waals surface area (Å²) in [5.41, 5.74) is 5.69. The Labute approximate surface area is 270 Å². The van der Waals surface area contributed by atoms with Crippen molar-refractivity contribution in [1.82, 2.24) is 29.1 Å². The molecule has 0 saturated heterocycles. The summed E-state index contributed by atoms with van der Waals surface area (Å²) in [5.74, 6) is 2.72. The van der Waals surface area contributed by atoms with E-state index in [1.807, 2.05) is 97.1 Å². The number of hydrogen-bond donors (Lipinski definition) is 0. The van der Waals surface area contributed by atoms with Crippen LogP contribution in [-0.2, 0) is 21.1 Å². The summed E-state index contributed by atoms with van der Waals surface area (Å²) in [4.78, 5) is 13.9. The van der Waals surface area contributed by atoms with Crippen molar-refractivity contribution in [2.24, 2.45) is 0 Å². The predicted molar refractivity (Wildman–Crippen MR) is 168 cm³/mol. The van der Waals surface area contributed by atoms with Crippen molar-refractivity contribution in [2.45, 2.75) is 0 Å². The molecule has 0 aliphatic rings. The number of fused-ring (bicyclic) bond motifs is 6. The number of benzene rings is 4. The number of hydrogen-bond acceptors (Lipinski definition) is 6. The molecule has 8 nitrogen and oxygen atoms in total. The molecule has 0 N–H and O–H groups in total. The van der Waals surface area contributed by atoms with Gasteiger partial charge in [0.2, 0.25) is 0 Å². The van der Waals surface area contributed by atoms with Crippen LogP contribution in [0.4, 0.5) is 0 Å². The zero-order chi connectivity index (χ0) is 29.0. The molecular weight excluding hydrogens is 744 g/mol. The van der Waals surface area contributed by atoms with Crippen LogP contribution in [0.5, 0.6) is 11.5 Å². The van der Waals surface area contributed by atoms with E-state index in [4.69, 9.17) is 19.2 Å². The molecule has 0 fully saturated rings. The van der Waals surface area contributed by atoms with Gasteiger partial charge >= 0.3 is 26.9 Å². The summed E-state index contributed by atoms with van der Waals surface area (Å²) in [6.45, 7) is 0. The molecule has 45 heavy (non-hydrogen) atoms. The minimum Gasteiger partial charge on any atom is -0.503 e. The second kappa shape index (κ2) is 10.8. The molecule has 9 aromatic rings. The summed E-state index contributed by atoms with van der Waals surface area (Å²) in [6.07, 6.45) is 3.52. The Morgan fingerprint density at radius 2 is 1.51 bits per heavy atom. The maximum absolute atomic E-state index is 6.34. The van der Waals surface area contributed by atoms with E-state index in [0.717, 1.165) is 44.1 Å². The summed E-state index contributed by atoms with van der Waals surface area (Å²) in [5, 5.41) is 6.82. The van der Waals surface area contributed by atoms with Crippen LogP contribution in [0.25, 0.3) is 67.2 Å². The van der Waals surface area contributed by atoms with Crippen molar-refractivity contribution in [3.8, 4) is 40.0 Å². The third-order valence-electron chi connectivity index (χ3n) is 7.59. The Morgan fingerprint density at radius 3 is 2.40 bits per heavy atom. The second-order valence-electron chi connectivity index (χ2n) is 10.3. The van der Waals surface area contributed by atoms with Crippen LogP contribution >= 0.6 is 0 Å². The van der Waals surface area contributed by atoms with Gasteiger partial charge in [-0.1, -0.05) is 72.2 Å². The molecule has 0 aliphatic carbocycles. The molecule has 0 radical (unpaired) electrons. The Bertz CT molecular complexity index is 2490. The van der Waals surface area contributed by atoms with Gasteiger partial charge in [-0.05, 0) is 29.3 Å². The molecule has 0 saturated carbocycles. The normalized spacial score (nSPS) is 11.4. The molecular formula is C36H20N6O2Pt. The van der Waals surface area contributed by atoms with Crippen LogP contribution in [0.3, 0.4) is 0 Å². The van der Waals surface area contributed by atoms with Crippen LogP contribution in [0, 0.1) is 12.1 Å². The molecule has 5 aromatic heterocycles. The van der Waals surface area contributed by atoms with E-state index in [2.05, 4.69) is 38.8 Å². The van der Waals surface area contributed by atoms with Gasteiger partial charge in [0.1, 0.15) is 5.52 Å². The van der Waals surface area contributed by atoms with E-state index in [-0.39, 0.29) is 21.1 Å². The van der Waals surface area contributed by atoms with Crippen molar-refractivity contribution in [3.63, 3.8) is 0 Å². The number of ether oxygens (including phenoxy) is 1. The first-order valence-electron chi connectivity index (χ1n) is 14.1. The van der Waals surface area contributed by atoms with E-state index in [1.165, 1.54) is 0 Å². The monoisotopic (exact) mass is 763 g/mol. The SMILES string of the molecule is [Pt+2].[c-]1c(Oc2[c-]c3c(cc2)c2ccccc2n3-c2nccc3c2oc2nc(-c4ccccc4)nn23)cccc1-c1ccccn1. The predicted octanol–water partition coefficient (Wildman–Crippen LogP) is 8.09. The van der Waals surface area contributed by atoms with E-state index in [0.29, 0.717) is 34.6 Å². The maximum atomic E-state index is 6.34. The van der Waals surface area contributed by atoms with E-state index in [1.54, 1.807) is 16.9 Å². The smallest absolute Gasteiger partial charge is 0.503 e. The molecule has 4 aromatic carbocycles. The van der Waals surface area contributed by atoms with Gasteiger partial charge in [0.15, 0.2) is 17.2 Å². The molecule has 216 valence electrons. The third kappa shape index (κ3) is 4.50. The average molecular weight is 764 g/mol. The summed E-state index contributed by atoms with van der Waals surface area (Å²) in [7, 11) is 0. The molecule has 0 atom stereocenters. The Hall–Kier alpha value is -5.59. The van der Waals surface area contributed by atoms with Gasteiger partial charge in [-0.2, -0.15) is 15.6 Å². The Balaban J connectivity index is 0.00000300. The van der Waals surface area contributed by atoms with Crippen molar-refractivity contribution < 1.29 is 30.2 Å². The molecule has 9 rings (SSSR count). The average Bonchev–Trinajstić information content (AvgIpc) is 3.75. The number of rotatable bonds is 5. The van der Waals surface area contributed by atoms with Gasteiger partial charge in [0.25, 0.3) is 0 Å². The summed E-state index contributed by atoms with van der Waals surface area (Å²) < 4.78 is 16.4. The first kappa shape index (κ1) is 27.0. The first-order chi connectivity index (χ1) is 21.8. The van der Waals surface area contributed by atoms with Gasteiger partial charge in [-0.15, -0.1) is 46.4 Å². The van der Waals surface area contributed by atoms with Crippen LogP contribution < -0.4 is 4.74 Å². The van der Waals surface area contributed by atoms with Gasteiger partial charge in [-0.3, -0.25) is 0 Å². The standard InChI is InChI=1S/C36H20N6O2.Pt/c1-2-9-23(10-3-1)34-39-36-42(40-34)31-18-20-38-35(33(31)44-36)41-30-15-5-4-13-27(30)28-17-16-26(22-32(28)41)43-25-12-8-11-24(21-25)29-14-6-7-19-37-29;/h1-20H;/q-2;+2. The van der Waals surface area contributed by atoms with Crippen molar-refractivity contribution in [2.75, 3.05) is 0 Å². The maximum Gasteiger partial charge on any atom is 2.00 e. The zero-order valence-corrected chi connectivity index (χ0v) is 25.6. The molecule has 9 heteroatoms. The summed E-state index contributed by atoms with van der Waals surface area (Å²) >= 11 is 0. The zero-order valence-electron chi connectivity index (χ0n) is 23.4. The fourth-order valence-corrected chi connectivity index (χ4v) is 5.62. The topological polar surface area (TPSA) is 83.3 Å². The quantitative estimate of drug-likeness (QED) is 0.165. The number of nitrogens with zero attached hydrogens (tertiary/aromatic N) is 6. The fourth-order valence-electron chi connectivity index (χ4n) is 5.62. The van der Waals surface area contributed by atoms with Crippen molar-refractivity contribution in [3.05, 3.63) is 134 Å². The van der Waals surface area contributed by atoms with Crippen LogP contribution in [0.1, 0.15) is 0 Å². The Morgan fingerprint density at radius 1 is 0.667 bits per heavy atom. The van der Waals surface area contributed by atoms with Crippen molar-refractivity contribution >= 4 is 38.7 Å². The minimum absolute atomic E-state index is 0. The first-order valence-corrected chi connectivity index (χ1v) is 14.1. The van der Waals surface area contributed by atoms with Gasteiger partial charge in [-0.25, -0.2) is 4.98 Å². The van der Waals surface area contributed by atoms with E-state index in [9.17, 15) is 0 Å². The van der Waals surface area contributed by atoms with Crippen LogP contribution in [0.2, 0.25) is 0 Å². The minimum atomic E-state index is 0. The number of para-hydroxylation sites is 1. The van der Waals surface area contributed by atoms with Gasteiger partial charge in [0.05, 0.1) is 0 Å². The Kier molecular flexibility index (Phi) is 6.50. The van der Waals surface area contributed by atoms with Gasteiger partial charge in [0, 0.05) is 35.0 Å². The van der Waals surface area contributed by atoms with E-state index >= 15 is 0 Å². The van der Waals surface area contributed by atoms with Crippen molar-refractivity contribution in [1.29, 1.82) is 0 Å². The molecule has 0 spiro atoms. The van der Waals surface area contributed by atoms with Crippen LogP contribution in [-0.4, -0.2) is 29.1 Å². The molecule has 0 unspecified atom stereocenters. The third-order valence-corrected chi connectivity index (χ3v) is 7.59.